The lowest BCUT2D eigenvalue weighted by Crippen LogP contribution is -2.39. The monoisotopic (exact) mass is 294 g/mol. The van der Waals surface area contributed by atoms with E-state index in [0.29, 0.717) is 12.4 Å². The average molecular weight is 294 g/mol. The Morgan fingerprint density at radius 2 is 1.77 bits per heavy atom. The van der Waals surface area contributed by atoms with Crippen molar-refractivity contribution in [2.24, 2.45) is 5.73 Å². The molecule has 0 saturated heterocycles. The summed E-state index contributed by atoms with van der Waals surface area (Å²) < 4.78 is 0. The van der Waals surface area contributed by atoms with Crippen molar-refractivity contribution in [1.29, 1.82) is 0 Å². The van der Waals surface area contributed by atoms with Crippen molar-refractivity contribution in [3.8, 4) is 11.4 Å². The molecule has 0 unspecified atom stereocenters. The molecule has 3 rings (SSSR count). The zero-order chi connectivity index (χ0) is 15.6. The average Bonchev–Trinajstić information content (AvgIpc) is 2.55. The highest BCUT2D eigenvalue weighted by molar-refractivity contribution is 5.90. The topological polar surface area (TPSA) is 89.6 Å². The first kappa shape index (κ1) is 14.3. The molecule has 0 atom stereocenters. The Morgan fingerprint density at radius 1 is 1.05 bits per heavy atom. The fourth-order valence-corrected chi connectivity index (χ4v) is 2.08. The number of anilines is 1. The van der Waals surface area contributed by atoms with Gasteiger partial charge in [-0.3, -0.25) is 9.97 Å². The third-order valence-corrected chi connectivity index (χ3v) is 3.40. The normalized spacial score (nSPS) is 11.6. The number of hydrogen-bond donors (Lipinski definition) is 2. The minimum Gasteiger partial charge on any atom is -0.363 e. The van der Waals surface area contributed by atoms with E-state index >= 15 is 0 Å². The van der Waals surface area contributed by atoms with Crippen molar-refractivity contribution in [2.75, 3.05) is 11.9 Å². The molecule has 0 aliphatic carbocycles. The van der Waals surface area contributed by atoms with Gasteiger partial charge in [0.05, 0.1) is 11.7 Å². The lowest BCUT2D eigenvalue weighted by atomic mass is 10.1. The second kappa shape index (κ2) is 5.65. The molecule has 22 heavy (non-hydrogen) atoms. The number of rotatable bonds is 4. The molecule has 3 N–H and O–H groups in total. The fourth-order valence-electron chi connectivity index (χ4n) is 2.08. The Bertz CT molecular complexity index is 785. The largest absolute Gasteiger partial charge is 0.363 e. The van der Waals surface area contributed by atoms with Gasteiger partial charge in [0.2, 0.25) is 0 Å². The van der Waals surface area contributed by atoms with Gasteiger partial charge in [0.25, 0.3) is 0 Å². The standard InChI is InChI=1S/C16H18N6/c1-16(2,10-17)22-15-12-5-8-19-9-13(12)20-14(21-15)11-3-6-18-7-4-11/h3-9H,10,17H2,1-2H3,(H,20,21,22). The number of nitrogens with two attached hydrogens (primary N) is 1. The molecule has 6 heteroatoms. The molecule has 6 nitrogen and oxygen atoms in total. The first-order valence-electron chi connectivity index (χ1n) is 7.09. The van der Waals surface area contributed by atoms with Crippen LogP contribution in [0.15, 0.2) is 43.0 Å². The third-order valence-electron chi connectivity index (χ3n) is 3.40. The van der Waals surface area contributed by atoms with Crippen molar-refractivity contribution >= 4 is 16.7 Å². The van der Waals surface area contributed by atoms with Gasteiger partial charge in [-0.05, 0) is 32.0 Å². The fraction of sp³-hybridized carbons (Fsp3) is 0.250. The summed E-state index contributed by atoms with van der Waals surface area (Å²) in [5.74, 6) is 1.40. The first-order chi connectivity index (χ1) is 10.6. The van der Waals surface area contributed by atoms with Crippen LogP contribution in [0.2, 0.25) is 0 Å². The predicted octanol–water partition coefficient (Wildman–Crippen LogP) is 2.24. The van der Waals surface area contributed by atoms with E-state index < -0.39 is 0 Å². The van der Waals surface area contributed by atoms with Crippen LogP contribution in [0.4, 0.5) is 5.82 Å². The second-order valence-corrected chi connectivity index (χ2v) is 5.74. The molecule has 112 valence electrons. The van der Waals surface area contributed by atoms with E-state index in [0.717, 1.165) is 22.3 Å². The molecule has 0 fully saturated rings. The molecular formula is C16H18N6. The second-order valence-electron chi connectivity index (χ2n) is 5.74. The van der Waals surface area contributed by atoms with Crippen molar-refractivity contribution < 1.29 is 0 Å². The SMILES string of the molecule is CC(C)(CN)Nc1nc(-c2ccncc2)nc2cnccc12. The molecular weight excluding hydrogens is 276 g/mol. The Hall–Kier alpha value is -2.60. The van der Waals surface area contributed by atoms with Crippen molar-refractivity contribution in [3.63, 3.8) is 0 Å². The number of nitrogens with zero attached hydrogens (tertiary/aromatic N) is 4. The molecule has 0 amide bonds. The van der Waals surface area contributed by atoms with Crippen molar-refractivity contribution in [3.05, 3.63) is 43.0 Å². The van der Waals surface area contributed by atoms with Gasteiger partial charge in [-0.1, -0.05) is 0 Å². The molecule has 0 aliphatic rings. The molecule has 3 heterocycles. The quantitative estimate of drug-likeness (QED) is 0.767. The van der Waals surface area contributed by atoms with E-state index in [-0.39, 0.29) is 5.54 Å². The summed E-state index contributed by atoms with van der Waals surface area (Å²) in [6, 6.07) is 5.67. The van der Waals surface area contributed by atoms with E-state index in [1.165, 1.54) is 0 Å². The van der Waals surface area contributed by atoms with Crippen LogP contribution in [0.5, 0.6) is 0 Å². The molecule has 0 bridgehead atoms. The molecule has 0 spiro atoms. The maximum absolute atomic E-state index is 5.82. The van der Waals surface area contributed by atoms with Gasteiger partial charge >= 0.3 is 0 Å². The molecule has 0 aliphatic heterocycles. The minimum atomic E-state index is -0.264. The molecule has 0 saturated carbocycles. The zero-order valence-corrected chi connectivity index (χ0v) is 12.6. The summed E-state index contributed by atoms with van der Waals surface area (Å²) >= 11 is 0. The van der Waals surface area contributed by atoms with Gasteiger partial charge in [-0.2, -0.15) is 0 Å². The Labute approximate surface area is 128 Å². The van der Waals surface area contributed by atoms with Crippen LogP contribution in [0.25, 0.3) is 22.3 Å². The van der Waals surface area contributed by atoms with Crippen LogP contribution in [-0.2, 0) is 0 Å². The van der Waals surface area contributed by atoms with Crippen LogP contribution >= 0.6 is 0 Å². The van der Waals surface area contributed by atoms with Crippen LogP contribution in [0.1, 0.15) is 13.8 Å². The number of fused-ring (bicyclic) bond motifs is 1. The van der Waals surface area contributed by atoms with Gasteiger partial charge in [-0.15, -0.1) is 0 Å². The van der Waals surface area contributed by atoms with Crippen molar-refractivity contribution in [2.45, 2.75) is 19.4 Å². The molecule has 3 aromatic rings. The van der Waals surface area contributed by atoms with Gasteiger partial charge < -0.3 is 11.1 Å². The Kier molecular flexibility index (Phi) is 3.68. The number of nitrogens with one attached hydrogen (secondary N) is 1. The van der Waals surface area contributed by atoms with Crippen LogP contribution in [0.3, 0.4) is 0 Å². The summed E-state index contributed by atoms with van der Waals surface area (Å²) in [5.41, 5.74) is 7.26. The van der Waals surface area contributed by atoms with Gasteiger partial charge in [0, 0.05) is 41.6 Å². The lowest BCUT2D eigenvalue weighted by Gasteiger charge is -2.25. The van der Waals surface area contributed by atoms with E-state index in [1.54, 1.807) is 24.8 Å². The van der Waals surface area contributed by atoms with Gasteiger partial charge in [-0.25, -0.2) is 9.97 Å². The summed E-state index contributed by atoms with van der Waals surface area (Å²) in [6.45, 7) is 4.57. The van der Waals surface area contributed by atoms with Gasteiger partial charge in [0.1, 0.15) is 5.82 Å². The van der Waals surface area contributed by atoms with E-state index in [2.05, 4.69) is 25.3 Å². The lowest BCUT2D eigenvalue weighted by molar-refractivity contribution is 0.578. The highest BCUT2D eigenvalue weighted by Crippen LogP contribution is 2.25. The van der Waals surface area contributed by atoms with E-state index in [4.69, 9.17) is 5.73 Å². The van der Waals surface area contributed by atoms with E-state index in [9.17, 15) is 0 Å². The zero-order valence-electron chi connectivity index (χ0n) is 12.6. The first-order valence-corrected chi connectivity index (χ1v) is 7.09. The number of pyridine rings is 2. The molecule has 0 radical (unpaired) electrons. The van der Waals surface area contributed by atoms with Crippen LogP contribution in [0, 0.1) is 0 Å². The summed E-state index contributed by atoms with van der Waals surface area (Å²) in [7, 11) is 0. The summed E-state index contributed by atoms with van der Waals surface area (Å²) in [4.78, 5) is 17.4. The van der Waals surface area contributed by atoms with E-state index in [1.807, 2.05) is 32.0 Å². The van der Waals surface area contributed by atoms with Crippen LogP contribution < -0.4 is 11.1 Å². The number of aromatic nitrogens is 4. The Morgan fingerprint density at radius 3 is 2.50 bits per heavy atom. The Balaban J connectivity index is 2.17. The molecule has 3 aromatic heterocycles. The maximum Gasteiger partial charge on any atom is 0.162 e. The third kappa shape index (κ3) is 2.87. The predicted molar refractivity (Wildman–Crippen MR) is 87.3 cm³/mol. The smallest absolute Gasteiger partial charge is 0.162 e. The highest BCUT2D eigenvalue weighted by atomic mass is 15.1. The highest BCUT2D eigenvalue weighted by Gasteiger charge is 2.18. The van der Waals surface area contributed by atoms with Gasteiger partial charge in [0.15, 0.2) is 5.82 Å². The maximum atomic E-state index is 5.82. The summed E-state index contributed by atoms with van der Waals surface area (Å²) in [5, 5.41) is 4.33. The summed E-state index contributed by atoms with van der Waals surface area (Å²) in [6.07, 6.45) is 6.92. The van der Waals surface area contributed by atoms with Crippen molar-refractivity contribution in [1.82, 2.24) is 19.9 Å². The van der Waals surface area contributed by atoms with Crippen LogP contribution in [-0.4, -0.2) is 32.0 Å². The molecule has 0 aromatic carbocycles. The minimum absolute atomic E-state index is 0.264. The number of hydrogen-bond acceptors (Lipinski definition) is 6.